The van der Waals surface area contributed by atoms with E-state index in [1.165, 1.54) is 12.3 Å². The molecule has 1 aliphatic rings. The smallest absolute Gasteiger partial charge is 0.337 e. The Labute approximate surface area is 105 Å². The fraction of sp³-hybridized carbons (Fsp3) is 0.500. The Hall–Kier alpha value is -1.82. The van der Waals surface area contributed by atoms with Crippen molar-refractivity contribution in [2.75, 3.05) is 30.8 Å². The maximum Gasteiger partial charge on any atom is 0.337 e. The number of nitrogens with zero attached hydrogens (tertiary/aromatic N) is 1. The third kappa shape index (κ3) is 3.10. The van der Waals surface area contributed by atoms with Gasteiger partial charge < -0.3 is 20.9 Å². The highest BCUT2D eigenvalue weighted by Crippen LogP contribution is 2.18. The Kier molecular flexibility index (Phi) is 3.99. The van der Waals surface area contributed by atoms with Crippen LogP contribution in [0.3, 0.4) is 0 Å². The van der Waals surface area contributed by atoms with Gasteiger partial charge in [0, 0.05) is 19.8 Å². The van der Waals surface area contributed by atoms with E-state index in [9.17, 15) is 4.79 Å². The summed E-state index contributed by atoms with van der Waals surface area (Å²) in [5.41, 5.74) is 5.80. The number of rotatable bonds is 4. The highest BCUT2D eigenvalue weighted by Gasteiger charge is 2.14. The van der Waals surface area contributed by atoms with Gasteiger partial charge in [-0.05, 0) is 24.8 Å². The van der Waals surface area contributed by atoms with Crippen molar-refractivity contribution < 1.29 is 14.6 Å². The van der Waals surface area contributed by atoms with Crippen molar-refractivity contribution in [3.05, 3.63) is 17.8 Å². The van der Waals surface area contributed by atoms with Crippen molar-refractivity contribution in [1.29, 1.82) is 0 Å². The molecule has 0 aliphatic carbocycles. The second kappa shape index (κ2) is 5.68. The van der Waals surface area contributed by atoms with E-state index in [1.807, 2.05) is 0 Å². The highest BCUT2D eigenvalue weighted by atomic mass is 16.5. The van der Waals surface area contributed by atoms with E-state index < -0.39 is 5.97 Å². The van der Waals surface area contributed by atoms with E-state index >= 15 is 0 Å². The van der Waals surface area contributed by atoms with Crippen LogP contribution in [0.5, 0.6) is 0 Å². The van der Waals surface area contributed by atoms with Crippen LogP contribution in [0.25, 0.3) is 0 Å². The number of ether oxygens (including phenoxy) is 1. The Morgan fingerprint density at radius 3 is 2.94 bits per heavy atom. The number of hydrogen-bond donors (Lipinski definition) is 3. The van der Waals surface area contributed by atoms with Gasteiger partial charge in [0.15, 0.2) is 0 Å². The Balaban J connectivity index is 1.96. The molecule has 2 heterocycles. The summed E-state index contributed by atoms with van der Waals surface area (Å²) >= 11 is 0. The summed E-state index contributed by atoms with van der Waals surface area (Å²) in [7, 11) is 0. The normalized spacial score (nSPS) is 16.4. The second-order valence-corrected chi connectivity index (χ2v) is 4.40. The van der Waals surface area contributed by atoms with Crippen molar-refractivity contribution >= 4 is 17.5 Å². The highest BCUT2D eigenvalue weighted by molar-refractivity contribution is 5.94. The first-order valence-electron chi connectivity index (χ1n) is 5.97. The van der Waals surface area contributed by atoms with Gasteiger partial charge in [-0.2, -0.15) is 0 Å². The van der Waals surface area contributed by atoms with Gasteiger partial charge in [0.1, 0.15) is 5.82 Å². The fourth-order valence-electron chi connectivity index (χ4n) is 1.95. The summed E-state index contributed by atoms with van der Waals surface area (Å²) in [5.74, 6) is 0.0588. The van der Waals surface area contributed by atoms with E-state index in [0.717, 1.165) is 32.6 Å². The number of nitrogens with one attached hydrogen (secondary N) is 1. The molecule has 0 aromatic carbocycles. The Bertz CT molecular complexity index is 431. The maximum atomic E-state index is 10.9. The number of hydrogen-bond acceptors (Lipinski definition) is 5. The lowest BCUT2D eigenvalue weighted by Gasteiger charge is -2.22. The number of pyridine rings is 1. The van der Waals surface area contributed by atoms with E-state index in [-0.39, 0.29) is 11.3 Å². The predicted molar refractivity (Wildman–Crippen MR) is 67.6 cm³/mol. The van der Waals surface area contributed by atoms with Crippen LogP contribution < -0.4 is 11.1 Å². The number of anilines is 2. The number of aromatic nitrogens is 1. The van der Waals surface area contributed by atoms with Crippen LogP contribution in [-0.4, -0.2) is 35.8 Å². The van der Waals surface area contributed by atoms with Gasteiger partial charge >= 0.3 is 5.97 Å². The van der Waals surface area contributed by atoms with Crippen molar-refractivity contribution in [3.63, 3.8) is 0 Å². The minimum absolute atomic E-state index is 0.0828. The third-order valence-corrected chi connectivity index (χ3v) is 3.08. The van der Waals surface area contributed by atoms with E-state index in [0.29, 0.717) is 11.7 Å². The zero-order valence-corrected chi connectivity index (χ0v) is 10.1. The molecule has 4 N–H and O–H groups in total. The van der Waals surface area contributed by atoms with Crippen LogP contribution >= 0.6 is 0 Å². The molecule has 0 amide bonds. The zero-order valence-electron chi connectivity index (χ0n) is 10.1. The molecule has 6 heteroatoms. The van der Waals surface area contributed by atoms with Crippen LogP contribution in [0.2, 0.25) is 0 Å². The minimum Gasteiger partial charge on any atom is -0.478 e. The van der Waals surface area contributed by atoms with Crippen LogP contribution in [-0.2, 0) is 4.74 Å². The van der Waals surface area contributed by atoms with Gasteiger partial charge in [-0.15, -0.1) is 0 Å². The molecule has 18 heavy (non-hydrogen) atoms. The molecule has 1 aliphatic heterocycles. The topological polar surface area (TPSA) is 97.5 Å². The fourth-order valence-corrected chi connectivity index (χ4v) is 1.95. The van der Waals surface area contributed by atoms with Gasteiger partial charge in [-0.1, -0.05) is 0 Å². The molecule has 1 saturated heterocycles. The summed E-state index contributed by atoms with van der Waals surface area (Å²) in [5, 5.41) is 12.1. The molecule has 98 valence electrons. The lowest BCUT2D eigenvalue weighted by molar-refractivity contribution is 0.0697. The van der Waals surface area contributed by atoms with Crippen LogP contribution in [0.4, 0.5) is 11.5 Å². The van der Waals surface area contributed by atoms with Crippen molar-refractivity contribution in [3.8, 4) is 0 Å². The summed E-state index contributed by atoms with van der Waals surface area (Å²) in [6.45, 7) is 2.36. The third-order valence-electron chi connectivity index (χ3n) is 3.08. The van der Waals surface area contributed by atoms with E-state index in [1.54, 1.807) is 0 Å². The first-order chi connectivity index (χ1) is 8.66. The van der Waals surface area contributed by atoms with Crippen LogP contribution in [0, 0.1) is 5.92 Å². The van der Waals surface area contributed by atoms with Crippen molar-refractivity contribution in [1.82, 2.24) is 4.98 Å². The molecule has 1 aromatic rings. The van der Waals surface area contributed by atoms with Gasteiger partial charge in [-0.25, -0.2) is 9.78 Å². The van der Waals surface area contributed by atoms with Gasteiger partial charge in [0.2, 0.25) is 0 Å². The summed E-state index contributed by atoms with van der Waals surface area (Å²) in [6, 6.07) is 1.47. The van der Waals surface area contributed by atoms with E-state index in [4.69, 9.17) is 15.6 Å². The number of nitrogen functional groups attached to an aromatic ring is 1. The molecule has 0 unspecified atom stereocenters. The quantitative estimate of drug-likeness (QED) is 0.744. The Morgan fingerprint density at radius 1 is 1.56 bits per heavy atom. The molecule has 0 spiro atoms. The average Bonchev–Trinajstić information content (AvgIpc) is 2.38. The van der Waals surface area contributed by atoms with Crippen molar-refractivity contribution in [2.45, 2.75) is 12.8 Å². The lowest BCUT2D eigenvalue weighted by Crippen LogP contribution is -2.23. The monoisotopic (exact) mass is 251 g/mol. The van der Waals surface area contributed by atoms with Gasteiger partial charge in [-0.3, -0.25) is 0 Å². The molecule has 0 radical (unpaired) electrons. The number of aromatic carboxylic acids is 1. The van der Waals surface area contributed by atoms with Crippen LogP contribution in [0.15, 0.2) is 12.3 Å². The predicted octanol–water partition coefficient (Wildman–Crippen LogP) is 1.20. The zero-order chi connectivity index (χ0) is 13.0. The molecular formula is C12H17N3O3. The summed E-state index contributed by atoms with van der Waals surface area (Å²) in [4.78, 5) is 15.0. The number of carbonyl (C=O) groups is 1. The molecule has 0 saturated carbocycles. The molecule has 0 bridgehead atoms. The molecule has 2 rings (SSSR count). The van der Waals surface area contributed by atoms with Crippen LogP contribution in [0.1, 0.15) is 23.2 Å². The first-order valence-corrected chi connectivity index (χ1v) is 5.97. The number of carboxylic acids is 1. The number of carboxylic acid groups (broad SMARTS) is 1. The lowest BCUT2D eigenvalue weighted by atomic mass is 10.0. The molecule has 6 nitrogen and oxygen atoms in total. The van der Waals surface area contributed by atoms with Gasteiger partial charge in [0.05, 0.1) is 17.4 Å². The summed E-state index contributed by atoms with van der Waals surface area (Å²) < 4.78 is 5.28. The largest absolute Gasteiger partial charge is 0.478 e. The molecule has 1 fully saturated rings. The minimum atomic E-state index is -1.04. The summed E-state index contributed by atoms with van der Waals surface area (Å²) in [6.07, 6.45) is 3.41. The first kappa shape index (κ1) is 12.6. The second-order valence-electron chi connectivity index (χ2n) is 4.40. The number of nitrogens with two attached hydrogens (primary N) is 1. The average molecular weight is 251 g/mol. The SMILES string of the molecule is Nc1cnc(NCC2CCOCC2)cc1C(=O)O. The van der Waals surface area contributed by atoms with E-state index in [2.05, 4.69) is 10.3 Å². The van der Waals surface area contributed by atoms with Gasteiger partial charge in [0.25, 0.3) is 0 Å². The maximum absolute atomic E-state index is 10.9. The Morgan fingerprint density at radius 2 is 2.28 bits per heavy atom. The molecule has 0 atom stereocenters. The van der Waals surface area contributed by atoms with Crippen molar-refractivity contribution in [2.24, 2.45) is 5.92 Å². The molecule has 1 aromatic heterocycles. The molecular weight excluding hydrogens is 234 g/mol. The standard InChI is InChI=1S/C12H17N3O3/c13-10-7-15-11(5-9(10)12(16)17)14-6-8-1-3-18-4-2-8/h5,7-8H,1-4,6,13H2,(H,14,15)(H,16,17).